The molecule has 0 aliphatic carbocycles. The number of hydrogen-bond acceptors (Lipinski definition) is 3. The molecule has 0 saturated carbocycles. The van der Waals surface area contributed by atoms with E-state index in [1.54, 1.807) is 0 Å². The first kappa shape index (κ1) is 9.79. The summed E-state index contributed by atoms with van der Waals surface area (Å²) < 4.78 is 0. The summed E-state index contributed by atoms with van der Waals surface area (Å²) in [6.45, 7) is 0.420. The Balaban J connectivity index is 2.53. The molecular formula is C7H12N2O4. The van der Waals surface area contributed by atoms with Crippen LogP contribution in [0.15, 0.2) is 0 Å². The van der Waals surface area contributed by atoms with Crippen LogP contribution in [-0.4, -0.2) is 53.8 Å². The second-order valence-electron chi connectivity index (χ2n) is 2.80. The van der Waals surface area contributed by atoms with Gasteiger partial charge in [0.1, 0.15) is 6.04 Å². The van der Waals surface area contributed by atoms with Crippen molar-refractivity contribution in [2.45, 2.75) is 12.5 Å². The van der Waals surface area contributed by atoms with Gasteiger partial charge in [-0.25, -0.2) is 9.86 Å². The van der Waals surface area contributed by atoms with Crippen LogP contribution in [0.2, 0.25) is 0 Å². The first-order valence-electron chi connectivity index (χ1n) is 3.89. The van der Waals surface area contributed by atoms with Crippen LogP contribution in [0.5, 0.6) is 0 Å². The van der Waals surface area contributed by atoms with Gasteiger partial charge >= 0.3 is 6.09 Å². The molecule has 6 nitrogen and oxygen atoms in total. The fourth-order valence-corrected chi connectivity index (χ4v) is 1.17. The molecule has 6 heteroatoms. The van der Waals surface area contributed by atoms with Crippen LogP contribution in [0.4, 0.5) is 4.79 Å². The van der Waals surface area contributed by atoms with Gasteiger partial charge in [0.15, 0.2) is 0 Å². The van der Waals surface area contributed by atoms with Crippen LogP contribution >= 0.6 is 0 Å². The van der Waals surface area contributed by atoms with E-state index in [1.165, 1.54) is 14.2 Å². The average molecular weight is 188 g/mol. The topological polar surface area (TPSA) is 70.1 Å². The lowest BCUT2D eigenvalue weighted by atomic mass is 10.0. The Morgan fingerprint density at radius 2 is 2.23 bits per heavy atom. The maximum atomic E-state index is 11.4. The normalized spacial score (nSPS) is 20.8. The molecule has 0 unspecified atom stereocenters. The number of carbonyl (C=O) groups excluding carboxylic acids is 1. The highest BCUT2D eigenvalue weighted by Gasteiger charge is 2.39. The van der Waals surface area contributed by atoms with Crippen molar-refractivity contribution in [1.82, 2.24) is 9.96 Å². The zero-order chi connectivity index (χ0) is 10.0. The summed E-state index contributed by atoms with van der Waals surface area (Å²) in [5.41, 5.74) is 0. The summed E-state index contributed by atoms with van der Waals surface area (Å²) in [7, 11) is 2.82. The largest absolute Gasteiger partial charge is 0.465 e. The van der Waals surface area contributed by atoms with Gasteiger partial charge in [-0.15, -0.1) is 0 Å². The van der Waals surface area contributed by atoms with Gasteiger partial charge in [-0.2, -0.15) is 0 Å². The molecule has 1 heterocycles. The van der Waals surface area contributed by atoms with Gasteiger partial charge < -0.3 is 5.11 Å². The molecular weight excluding hydrogens is 176 g/mol. The van der Waals surface area contributed by atoms with Gasteiger partial charge in [0, 0.05) is 13.6 Å². The predicted octanol–water partition coefficient (Wildman–Crippen LogP) is -0.242. The number of likely N-dealkylation sites (tertiary alicyclic amines) is 1. The van der Waals surface area contributed by atoms with E-state index >= 15 is 0 Å². The minimum absolute atomic E-state index is 0.323. The number of carbonyl (C=O) groups is 2. The number of amides is 2. The first-order valence-corrected chi connectivity index (χ1v) is 3.89. The van der Waals surface area contributed by atoms with Gasteiger partial charge in [-0.05, 0) is 6.42 Å². The van der Waals surface area contributed by atoms with Crippen molar-refractivity contribution in [3.05, 3.63) is 0 Å². The molecule has 0 bridgehead atoms. The maximum absolute atomic E-state index is 11.4. The Hall–Kier alpha value is -1.30. The molecule has 1 aliphatic heterocycles. The van der Waals surface area contributed by atoms with Crippen molar-refractivity contribution >= 4 is 12.0 Å². The molecule has 1 fully saturated rings. The Labute approximate surface area is 75.6 Å². The van der Waals surface area contributed by atoms with E-state index in [1.807, 2.05) is 0 Å². The highest BCUT2D eigenvalue weighted by Crippen LogP contribution is 2.18. The van der Waals surface area contributed by atoms with E-state index in [2.05, 4.69) is 4.84 Å². The quantitative estimate of drug-likeness (QED) is 0.607. The Morgan fingerprint density at radius 1 is 1.62 bits per heavy atom. The zero-order valence-corrected chi connectivity index (χ0v) is 7.56. The molecule has 1 aliphatic rings. The molecule has 74 valence electrons. The third-order valence-corrected chi connectivity index (χ3v) is 2.13. The fourth-order valence-electron chi connectivity index (χ4n) is 1.17. The van der Waals surface area contributed by atoms with E-state index in [9.17, 15) is 9.59 Å². The molecule has 0 spiro atoms. The Kier molecular flexibility index (Phi) is 2.72. The molecule has 2 amide bonds. The average Bonchev–Trinajstić information content (AvgIpc) is 1.99. The monoisotopic (exact) mass is 188 g/mol. The molecule has 0 aromatic heterocycles. The van der Waals surface area contributed by atoms with E-state index < -0.39 is 12.1 Å². The van der Waals surface area contributed by atoms with Crippen LogP contribution in [0.3, 0.4) is 0 Å². The van der Waals surface area contributed by atoms with Gasteiger partial charge in [0.25, 0.3) is 5.91 Å². The Morgan fingerprint density at radius 3 is 2.54 bits per heavy atom. The van der Waals surface area contributed by atoms with Gasteiger partial charge in [-0.3, -0.25) is 14.5 Å². The van der Waals surface area contributed by atoms with Crippen LogP contribution < -0.4 is 0 Å². The summed E-state index contributed by atoms with van der Waals surface area (Å²) in [5.74, 6) is -0.323. The molecule has 0 aromatic carbocycles. The summed E-state index contributed by atoms with van der Waals surface area (Å²) in [5, 5.41) is 9.66. The van der Waals surface area contributed by atoms with E-state index in [0.29, 0.717) is 13.0 Å². The van der Waals surface area contributed by atoms with Crippen LogP contribution in [0.25, 0.3) is 0 Å². The minimum atomic E-state index is -1.06. The second kappa shape index (κ2) is 3.61. The van der Waals surface area contributed by atoms with Crippen molar-refractivity contribution < 1.29 is 19.5 Å². The Bertz CT molecular complexity index is 231. The standard InChI is InChI=1S/C7H12N2O4/c1-8(13-2)6(10)5-3-4-9(5)7(11)12/h5H,3-4H2,1-2H3,(H,11,12)/t5-/m1/s1. The maximum Gasteiger partial charge on any atom is 0.407 e. The van der Waals surface area contributed by atoms with Crippen molar-refractivity contribution in [3.63, 3.8) is 0 Å². The van der Waals surface area contributed by atoms with Crippen LogP contribution in [-0.2, 0) is 9.63 Å². The highest BCUT2D eigenvalue weighted by atomic mass is 16.7. The number of rotatable bonds is 2. The SMILES string of the molecule is CON(C)C(=O)[C@H]1CCN1C(=O)O. The molecule has 1 atom stereocenters. The van der Waals surface area contributed by atoms with Gasteiger partial charge in [0.2, 0.25) is 0 Å². The van der Waals surface area contributed by atoms with E-state index in [0.717, 1.165) is 9.96 Å². The lowest BCUT2D eigenvalue weighted by Crippen LogP contribution is -2.57. The fraction of sp³-hybridized carbons (Fsp3) is 0.714. The van der Waals surface area contributed by atoms with Crippen molar-refractivity contribution in [3.8, 4) is 0 Å². The highest BCUT2D eigenvalue weighted by molar-refractivity contribution is 5.85. The third kappa shape index (κ3) is 1.72. The lowest BCUT2D eigenvalue weighted by Gasteiger charge is -2.38. The molecule has 1 rings (SSSR count). The zero-order valence-electron chi connectivity index (χ0n) is 7.56. The molecule has 13 heavy (non-hydrogen) atoms. The van der Waals surface area contributed by atoms with Crippen molar-refractivity contribution in [1.29, 1.82) is 0 Å². The van der Waals surface area contributed by atoms with Crippen LogP contribution in [0, 0.1) is 0 Å². The number of likely N-dealkylation sites (N-methyl/N-ethyl adjacent to an activating group) is 1. The number of hydroxylamine groups is 2. The molecule has 0 aromatic rings. The van der Waals surface area contributed by atoms with Gasteiger partial charge in [-0.1, -0.05) is 0 Å². The predicted molar refractivity (Wildman–Crippen MR) is 42.9 cm³/mol. The van der Waals surface area contributed by atoms with Crippen LogP contribution in [0.1, 0.15) is 6.42 Å². The smallest absolute Gasteiger partial charge is 0.407 e. The van der Waals surface area contributed by atoms with E-state index in [4.69, 9.17) is 5.11 Å². The lowest BCUT2D eigenvalue weighted by molar-refractivity contribution is -0.177. The van der Waals surface area contributed by atoms with Crippen molar-refractivity contribution in [2.75, 3.05) is 20.7 Å². The summed E-state index contributed by atoms with van der Waals surface area (Å²) in [6.07, 6.45) is -0.493. The van der Waals surface area contributed by atoms with Crippen molar-refractivity contribution in [2.24, 2.45) is 0 Å². The molecule has 1 N–H and O–H groups in total. The minimum Gasteiger partial charge on any atom is -0.465 e. The summed E-state index contributed by atoms with van der Waals surface area (Å²) >= 11 is 0. The van der Waals surface area contributed by atoms with E-state index in [-0.39, 0.29) is 5.91 Å². The second-order valence-corrected chi connectivity index (χ2v) is 2.80. The summed E-state index contributed by atoms with van der Waals surface area (Å²) in [4.78, 5) is 27.6. The number of carboxylic acid groups (broad SMARTS) is 1. The summed E-state index contributed by atoms with van der Waals surface area (Å²) in [6, 6.07) is -0.567. The molecule has 1 saturated heterocycles. The number of nitrogens with zero attached hydrogens (tertiary/aromatic N) is 2. The van der Waals surface area contributed by atoms with Gasteiger partial charge in [0.05, 0.1) is 7.11 Å². The molecule has 0 radical (unpaired) electrons. The first-order chi connectivity index (χ1) is 6.07. The number of hydrogen-bond donors (Lipinski definition) is 1. The third-order valence-electron chi connectivity index (χ3n) is 2.13.